The molecule has 6 heteroatoms. The average molecular weight is 349 g/mol. The molecule has 0 unspecified atom stereocenters. The van der Waals surface area contributed by atoms with Gasteiger partial charge in [-0.3, -0.25) is 9.59 Å². The molecule has 1 aromatic rings. The van der Waals surface area contributed by atoms with E-state index in [0.29, 0.717) is 37.2 Å². The lowest BCUT2D eigenvalue weighted by molar-refractivity contribution is -0.137. The van der Waals surface area contributed by atoms with Crippen molar-refractivity contribution >= 4 is 17.5 Å². The van der Waals surface area contributed by atoms with Crippen LogP contribution in [-0.4, -0.2) is 61.9 Å². The second-order valence-electron chi connectivity index (χ2n) is 7.17. The van der Waals surface area contributed by atoms with Crippen LogP contribution in [-0.2, 0) is 4.79 Å². The second-order valence-corrected chi connectivity index (χ2v) is 7.17. The lowest BCUT2D eigenvalue weighted by atomic mass is 9.94. The first kappa shape index (κ1) is 19.2. The lowest BCUT2D eigenvalue weighted by Gasteiger charge is -2.34. The third kappa shape index (κ3) is 4.30. The molecule has 1 fully saturated rings. The van der Waals surface area contributed by atoms with Gasteiger partial charge in [-0.1, -0.05) is 0 Å². The first-order valence-electron chi connectivity index (χ1n) is 8.75. The van der Waals surface area contributed by atoms with Crippen LogP contribution in [0.1, 0.15) is 37.0 Å². The molecule has 0 N–H and O–H groups in total. The highest BCUT2D eigenvalue weighted by molar-refractivity contribution is 5.94. The molecular weight excluding hydrogens is 321 g/mol. The highest BCUT2D eigenvalue weighted by Crippen LogP contribution is 2.23. The van der Waals surface area contributed by atoms with E-state index in [1.165, 1.54) is 6.07 Å². The maximum Gasteiger partial charge on any atom is 0.253 e. The van der Waals surface area contributed by atoms with E-state index in [-0.39, 0.29) is 23.8 Å². The molecule has 0 radical (unpaired) electrons. The number of carbonyl (C=O) groups excluding carboxylic acids is 2. The summed E-state index contributed by atoms with van der Waals surface area (Å²) in [5.74, 6) is -0.473. The summed E-state index contributed by atoms with van der Waals surface area (Å²) in [4.78, 5) is 30.1. The fraction of sp³-hybridized carbons (Fsp3) is 0.579. The first-order valence-corrected chi connectivity index (χ1v) is 8.75. The Morgan fingerprint density at radius 1 is 1.16 bits per heavy atom. The molecule has 1 aliphatic rings. The largest absolute Gasteiger partial charge is 0.375 e. The van der Waals surface area contributed by atoms with Gasteiger partial charge in [-0.05, 0) is 44.9 Å². The summed E-state index contributed by atoms with van der Waals surface area (Å²) < 4.78 is 14.1. The zero-order valence-electron chi connectivity index (χ0n) is 15.8. The number of halogens is 1. The molecule has 2 rings (SSSR count). The van der Waals surface area contributed by atoms with Crippen LogP contribution in [0.4, 0.5) is 10.1 Å². The number of hydrogen-bond donors (Lipinski definition) is 0. The molecule has 0 aliphatic carbocycles. The summed E-state index contributed by atoms with van der Waals surface area (Å²) >= 11 is 0. The Balaban J connectivity index is 2.00. The number of carbonyl (C=O) groups is 2. The summed E-state index contributed by atoms with van der Waals surface area (Å²) in [6.45, 7) is 5.03. The lowest BCUT2D eigenvalue weighted by Crippen LogP contribution is -2.45. The Hall–Kier alpha value is -2.11. The van der Waals surface area contributed by atoms with Crippen molar-refractivity contribution in [2.24, 2.45) is 5.92 Å². The van der Waals surface area contributed by atoms with Crippen LogP contribution >= 0.6 is 0 Å². The zero-order valence-corrected chi connectivity index (χ0v) is 15.8. The normalized spacial score (nSPS) is 15.4. The van der Waals surface area contributed by atoms with Gasteiger partial charge in [0.1, 0.15) is 5.82 Å². The molecule has 0 spiro atoms. The SMILES string of the molecule is CC(C)N(C)C(=O)C1CCN(C(=O)c2ccc(N(C)C)c(F)c2)CC1. The van der Waals surface area contributed by atoms with Crippen molar-refractivity contribution in [2.45, 2.75) is 32.7 Å². The molecule has 1 aromatic carbocycles. The Morgan fingerprint density at radius 2 is 1.76 bits per heavy atom. The van der Waals surface area contributed by atoms with Crippen LogP contribution in [0.5, 0.6) is 0 Å². The van der Waals surface area contributed by atoms with Crippen LogP contribution in [0, 0.1) is 11.7 Å². The number of rotatable bonds is 4. The van der Waals surface area contributed by atoms with Gasteiger partial charge in [-0.2, -0.15) is 0 Å². The Morgan fingerprint density at radius 3 is 2.24 bits per heavy atom. The van der Waals surface area contributed by atoms with Crippen molar-refractivity contribution in [3.8, 4) is 0 Å². The first-order chi connectivity index (χ1) is 11.7. The molecule has 0 atom stereocenters. The average Bonchev–Trinajstić information content (AvgIpc) is 2.59. The van der Waals surface area contributed by atoms with E-state index in [1.807, 2.05) is 20.9 Å². The van der Waals surface area contributed by atoms with E-state index < -0.39 is 5.82 Å². The Kier molecular flexibility index (Phi) is 6.03. The molecule has 0 saturated carbocycles. The summed E-state index contributed by atoms with van der Waals surface area (Å²) in [6.07, 6.45) is 1.31. The Bertz CT molecular complexity index is 638. The number of benzene rings is 1. The van der Waals surface area contributed by atoms with Gasteiger partial charge in [0, 0.05) is 51.8 Å². The predicted octanol–water partition coefficient (Wildman–Crippen LogP) is 2.61. The highest BCUT2D eigenvalue weighted by Gasteiger charge is 2.30. The minimum Gasteiger partial charge on any atom is -0.375 e. The van der Waals surface area contributed by atoms with Crippen molar-refractivity contribution in [1.29, 1.82) is 0 Å². The van der Waals surface area contributed by atoms with E-state index in [1.54, 1.807) is 40.9 Å². The molecule has 5 nitrogen and oxygen atoms in total. The van der Waals surface area contributed by atoms with E-state index in [4.69, 9.17) is 0 Å². The third-order valence-corrected chi connectivity index (χ3v) is 4.93. The van der Waals surface area contributed by atoms with Gasteiger partial charge in [0.05, 0.1) is 5.69 Å². The molecule has 25 heavy (non-hydrogen) atoms. The van der Waals surface area contributed by atoms with Crippen molar-refractivity contribution < 1.29 is 14.0 Å². The summed E-state index contributed by atoms with van der Waals surface area (Å²) in [5, 5.41) is 0. The van der Waals surface area contributed by atoms with Gasteiger partial charge in [0.15, 0.2) is 0 Å². The number of anilines is 1. The van der Waals surface area contributed by atoms with Gasteiger partial charge in [-0.25, -0.2) is 4.39 Å². The smallest absolute Gasteiger partial charge is 0.253 e. The second kappa shape index (κ2) is 7.85. The van der Waals surface area contributed by atoms with Crippen LogP contribution in [0.25, 0.3) is 0 Å². The predicted molar refractivity (Wildman–Crippen MR) is 97.3 cm³/mol. The number of piperidine rings is 1. The van der Waals surface area contributed by atoms with Crippen molar-refractivity contribution in [3.05, 3.63) is 29.6 Å². The number of nitrogens with zero attached hydrogens (tertiary/aromatic N) is 3. The molecular formula is C19H28FN3O2. The Labute approximate surface area is 149 Å². The molecule has 0 aromatic heterocycles. The standard InChI is InChI=1S/C19H28FN3O2/c1-13(2)22(5)18(24)14-8-10-23(11-9-14)19(25)15-6-7-17(21(3)4)16(20)12-15/h6-7,12-14H,8-11H2,1-5H3. The van der Waals surface area contributed by atoms with Crippen molar-refractivity contribution in [2.75, 3.05) is 39.1 Å². The summed E-state index contributed by atoms with van der Waals surface area (Å²) in [5.41, 5.74) is 0.810. The van der Waals surface area contributed by atoms with Gasteiger partial charge in [-0.15, -0.1) is 0 Å². The summed E-state index contributed by atoms with van der Waals surface area (Å²) in [6, 6.07) is 4.74. The van der Waals surface area contributed by atoms with Crippen molar-refractivity contribution in [1.82, 2.24) is 9.80 Å². The van der Waals surface area contributed by atoms with Crippen LogP contribution in [0.3, 0.4) is 0 Å². The molecule has 2 amide bonds. The van der Waals surface area contributed by atoms with Gasteiger partial charge >= 0.3 is 0 Å². The molecule has 1 heterocycles. The molecule has 1 saturated heterocycles. The van der Waals surface area contributed by atoms with E-state index in [2.05, 4.69) is 0 Å². The fourth-order valence-corrected chi connectivity index (χ4v) is 3.06. The number of hydrogen-bond acceptors (Lipinski definition) is 3. The molecule has 138 valence electrons. The van der Waals surface area contributed by atoms with Crippen LogP contribution in [0.15, 0.2) is 18.2 Å². The maximum absolute atomic E-state index is 14.1. The van der Waals surface area contributed by atoms with Crippen LogP contribution < -0.4 is 4.90 Å². The van der Waals surface area contributed by atoms with Gasteiger partial charge in [0.2, 0.25) is 5.91 Å². The van der Waals surface area contributed by atoms with Crippen molar-refractivity contribution in [3.63, 3.8) is 0 Å². The van der Waals surface area contributed by atoms with E-state index in [9.17, 15) is 14.0 Å². The number of likely N-dealkylation sites (tertiary alicyclic amines) is 1. The van der Waals surface area contributed by atoms with Crippen LogP contribution in [0.2, 0.25) is 0 Å². The maximum atomic E-state index is 14.1. The summed E-state index contributed by atoms with van der Waals surface area (Å²) in [7, 11) is 5.34. The van der Waals surface area contributed by atoms with Gasteiger partial charge in [0.25, 0.3) is 5.91 Å². The van der Waals surface area contributed by atoms with E-state index in [0.717, 1.165) is 0 Å². The minimum atomic E-state index is -0.403. The molecule has 0 bridgehead atoms. The quantitative estimate of drug-likeness (QED) is 0.839. The van der Waals surface area contributed by atoms with Gasteiger partial charge < -0.3 is 14.7 Å². The topological polar surface area (TPSA) is 43.9 Å². The highest BCUT2D eigenvalue weighted by atomic mass is 19.1. The zero-order chi connectivity index (χ0) is 18.7. The minimum absolute atomic E-state index is 0.0377. The fourth-order valence-electron chi connectivity index (χ4n) is 3.06. The monoisotopic (exact) mass is 349 g/mol. The third-order valence-electron chi connectivity index (χ3n) is 4.93. The number of amides is 2. The van der Waals surface area contributed by atoms with E-state index >= 15 is 0 Å². The molecule has 1 aliphatic heterocycles.